The minimum Gasteiger partial charge on any atom is -0.482 e. The van der Waals surface area contributed by atoms with Crippen LogP contribution in [0.1, 0.15) is 84.6 Å². The van der Waals surface area contributed by atoms with Gasteiger partial charge in [-0.15, -0.1) is 0 Å². The molecule has 0 radical (unpaired) electrons. The number of carbonyl (C=O) groups excluding carboxylic acids is 3. The Kier molecular flexibility index (Phi) is 12.0. The average molecular weight is 793 g/mol. The summed E-state index contributed by atoms with van der Waals surface area (Å²) in [4.78, 5) is 45.5. The number of imide groups is 1. The monoisotopic (exact) mass is 791 g/mol. The first kappa shape index (κ1) is 38.7. The summed E-state index contributed by atoms with van der Waals surface area (Å²) >= 11 is 12.5. The van der Waals surface area contributed by atoms with Gasteiger partial charge in [0, 0.05) is 85.5 Å². The lowest BCUT2D eigenvalue weighted by Gasteiger charge is -2.32. The van der Waals surface area contributed by atoms with E-state index in [9.17, 15) is 18.8 Å². The average Bonchev–Trinajstić information content (AvgIpc) is 3.80. The highest BCUT2D eigenvalue weighted by molar-refractivity contribution is 6.36. The van der Waals surface area contributed by atoms with Crippen LogP contribution in [-0.4, -0.2) is 81.2 Å². The predicted molar refractivity (Wildman–Crippen MR) is 206 cm³/mol. The second-order valence-corrected chi connectivity index (χ2v) is 15.1. The van der Waals surface area contributed by atoms with Crippen molar-refractivity contribution in [1.29, 1.82) is 0 Å². The molecule has 3 amide bonds. The van der Waals surface area contributed by atoms with Crippen molar-refractivity contribution < 1.29 is 28.2 Å². The number of fused-ring (bicyclic) bond motifs is 1. The highest BCUT2D eigenvalue weighted by Gasteiger charge is 2.39. The third-order valence-electron chi connectivity index (χ3n) is 10.7. The molecular weight excluding hydrogens is 748 g/mol. The van der Waals surface area contributed by atoms with Crippen LogP contribution in [0.5, 0.6) is 5.75 Å². The Labute approximate surface area is 329 Å². The van der Waals surface area contributed by atoms with Gasteiger partial charge in [-0.1, -0.05) is 35.3 Å². The molecule has 7 rings (SSSR count). The number of benzene rings is 2. The quantitative estimate of drug-likeness (QED) is 0.0826. The molecule has 2 unspecified atom stereocenters. The maximum absolute atomic E-state index is 14.1. The van der Waals surface area contributed by atoms with Crippen molar-refractivity contribution in [3.63, 3.8) is 0 Å². The molecule has 290 valence electrons. The number of nitrogen functional groups attached to an aromatic ring is 1. The van der Waals surface area contributed by atoms with Gasteiger partial charge in [0.05, 0.1) is 17.3 Å². The number of hydrogen-bond donors (Lipinski definition) is 2. The zero-order chi connectivity index (χ0) is 38.6. The van der Waals surface area contributed by atoms with Gasteiger partial charge in [-0.25, -0.2) is 9.37 Å². The van der Waals surface area contributed by atoms with Crippen molar-refractivity contribution in [1.82, 2.24) is 29.9 Å². The molecular formula is C40H44Cl2FN7O5. The molecule has 4 aromatic rings. The molecule has 2 saturated heterocycles. The number of hydrogen-bond acceptors (Lipinski definition) is 9. The van der Waals surface area contributed by atoms with Gasteiger partial charge in [-0.05, 0) is 80.8 Å². The number of aromatic nitrogens is 3. The molecule has 3 N–H and O–H groups in total. The number of likely N-dealkylation sites (tertiary alicyclic amines) is 1. The molecule has 2 aromatic heterocycles. The van der Waals surface area contributed by atoms with Crippen molar-refractivity contribution >= 4 is 46.7 Å². The number of pyridine rings is 1. The summed E-state index contributed by atoms with van der Waals surface area (Å²) in [5.74, 6) is -0.881. The molecule has 3 aliphatic heterocycles. The number of nitrogens with one attached hydrogen (secondary N) is 1. The normalized spacial score (nSPS) is 18.4. The topological polar surface area (TPSA) is 145 Å². The van der Waals surface area contributed by atoms with E-state index in [-0.39, 0.29) is 35.1 Å². The maximum atomic E-state index is 14.1. The molecule has 2 atom stereocenters. The lowest BCUT2D eigenvalue weighted by molar-refractivity contribution is -0.136. The molecule has 0 bridgehead atoms. The number of amides is 3. The number of anilines is 1. The summed E-state index contributed by atoms with van der Waals surface area (Å²) in [5, 5.41) is 7.24. The van der Waals surface area contributed by atoms with E-state index in [1.165, 1.54) is 12.1 Å². The van der Waals surface area contributed by atoms with E-state index in [0.29, 0.717) is 48.1 Å². The Hall–Kier alpha value is -4.56. The van der Waals surface area contributed by atoms with Gasteiger partial charge in [0.15, 0.2) is 11.6 Å². The van der Waals surface area contributed by atoms with Gasteiger partial charge in [0.1, 0.15) is 18.0 Å². The van der Waals surface area contributed by atoms with Gasteiger partial charge in [0.25, 0.3) is 5.91 Å². The van der Waals surface area contributed by atoms with Crippen LogP contribution >= 0.6 is 23.2 Å². The number of ether oxygens (including phenoxy) is 2. The van der Waals surface area contributed by atoms with E-state index in [1.54, 1.807) is 24.1 Å². The van der Waals surface area contributed by atoms with Crippen molar-refractivity contribution in [2.75, 3.05) is 38.6 Å². The first-order valence-corrected chi connectivity index (χ1v) is 19.5. The summed E-state index contributed by atoms with van der Waals surface area (Å²) in [6, 6.07) is 9.87. The fraction of sp³-hybridized carbons (Fsp3) is 0.425. The molecule has 0 aliphatic carbocycles. The number of piperidine rings is 2. The van der Waals surface area contributed by atoms with E-state index in [1.807, 2.05) is 35.3 Å². The molecule has 5 heterocycles. The fourth-order valence-electron chi connectivity index (χ4n) is 7.71. The van der Waals surface area contributed by atoms with Crippen LogP contribution in [0.25, 0.3) is 11.1 Å². The molecule has 0 spiro atoms. The Morgan fingerprint density at radius 1 is 1.04 bits per heavy atom. The number of halogens is 3. The van der Waals surface area contributed by atoms with Crippen molar-refractivity contribution in [2.24, 2.45) is 0 Å². The summed E-state index contributed by atoms with van der Waals surface area (Å²) in [6.07, 6.45) is 9.95. The zero-order valence-electron chi connectivity index (χ0n) is 30.6. The van der Waals surface area contributed by atoms with Gasteiger partial charge in [-0.3, -0.25) is 24.4 Å². The van der Waals surface area contributed by atoms with Crippen molar-refractivity contribution in [2.45, 2.75) is 76.6 Å². The molecule has 3 aliphatic rings. The first-order chi connectivity index (χ1) is 26.6. The zero-order valence-corrected chi connectivity index (χ0v) is 32.1. The van der Waals surface area contributed by atoms with Gasteiger partial charge >= 0.3 is 0 Å². The van der Waals surface area contributed by atoms with Crippen molar-refractivity contribution in [3.05, 3.63) is 93.1 Å². The van der Waals surface area contributed by atoms with Crippen LogP contribution < -0.4 is 15.8 Å². The minimum atomic E-state index is -0.674. The smallest absolute Gasteiger partial charge is 0.255 e. The number of nitrogens with two attached hydrogens (primary N) is 1. The fourth-order valence-corrected chi connectivity index (χ4v) is 8.39. The van der Waals surface area contributed by atoms with Gasteiger partial charge in [0.2, 0.25) is 11.8 Å². The van der Waals surface area contributed by atoms with Crippen LogP contribution in [-0.2, 0) is 27.3 Å². The van der Waals surface area contributed by atoms with Crippen molar-refractivity contribution in [3.8, 4) is 16.9 Å². The van der Waals surface area contributed by atoms with Crippen LogP contribution in [0.3, 0.4) is 0 Å². The lowest BCUT2D eigenvalue weighted by Crippen LogP contribution is -2.52. The van der Waals surface area contributed by atoms with Crippen LogP contribution in [0.4, 0.5) is 10.2 Å². The molecule has 2 aromatic carbocycles. The summed E-state index contributed by atoms with van der Waals surface area (Å²) < 4.78 is 28.2. The summed E-state index contributed by atoms with van der Waals surface area (Å²) in [5.41, 5.74) is 10.9. The van der Waals surface area contributed by atoms with E-state index in [2.05, 4.69) is 20.3 Å². The molecule has 15 heteroatoms. The first-order valence-electron chi connectivity index (χ1n) is 18.7. The molecule has 55 heavy (non-hydrogen) atoms. The standard InChI is InChI=1S/C40H44Cl2FN7O5/c1-24(36-31(41)8-9-32(43)37(36)42)55-34-19-26(20-45-38(34)44)27-21-46-50(22-27)28-12-15-48(16-13-28)14-4-18-54-17-3-6-25-5-2-7-29-30(25)23-49(40(29)53)33-10-11-35(51)47-39(33)52/h2,5,7-9,19-22,24,28,33H,3-4,6,10-18,23H2,1H3,(H2,44,45)(H,47,51,52). The largest absolute Gasteiger partial charge is 0.482 e. The minimum absolute atomic E-state index is 0.0912. The van der Waals surface area contributed by atoms with Gasteiger partial charge in [-0.2, -0.15) is 5.10 Å². The SMILES string of the molecule is CC(Oc1cc(-c2cnn(C3CCN(CCCOCCCc4cccc5c4CN(C4CCC(=O)NC4=O)C5=O)CC3)c2)cnc1N)c1c(Cl)ccc(F)c1Cl. The number of carbonyl (C=O) groups is 3. The van der Waals surface area contributed by atoms with Crippen LogP contribution in [0, 0.1) is 5.82 Å². The van der Waals surface area contributed by atoms with E-state index < -0.39 is 23.9 Å². The second kappa shape index (κ2) is 17.1. The number of nitrogens with zero attached hydrogens (tertiary/aromatic N) is 5. The molecule has 12 nitrogen and oxygen atoms in total. The van der Waals surface area contributed by atoms with Crippen LogP contribution in [0.15, 0.2) is 55.0 Å². The van der Waals surface area contributed by atoms with E-state index in [0.717, 1.165) is 74.0 Å². The highest BCUT2D eigenvalue weighted by atomic mass is 35.5. The Balaban J connectivity index is 0.824. The Bertz CT molecular complexity index is 2070. The maximum Gasteiger partial charge on any atom is 0.255 e. The number of rotatable bonds is 14. The predicted octanol–water partition coefficient (Wildman–Crippen LogP) is 6.55. The molecule has 0 saturated carbocycles. The lowest BCUT2D eigenvalue weighted by atomic mass is 10.00. The van der Waals surface area contributed by atoms with Crippen LogP contribution in [0.2, 0.25) is 10.0 Å². The van der Waals surface area contributed by atoms with E-state index >= 15 is 0 Å². The Morgan fingerprint density at radius 2 is 1.84 bits per heavy atom. The Morgan fingerprint density at radius 3 is 2.64 bits per heavy atom. The summed E-state index contributed by atoms with van der Waals surface area (Å²) in [7, 11) is 0. The molecule has 2 fully saturated rings. The highest BCUT2D eigenvalue weighted by Crippen LogP contribution is 2.37. The van der Waals surface area contributed by atoms with Gasteiger partial charge < -0.3 is 25.0 Å². The third kappa shape index (κ3) is 8.65. The summed E-state index contributed by atoms with van der Waals surface area (Å²) in [6.45, 7) is 6.33. The number of aryl methyl sites for hydroxylation is 1. The third-order valence-corrected chi connectivity index (χ3v) is 11.4. The van der Waals surface area contributed by atoms with E-state index in [4.69, 9.17) is 38.4 Å². The second-order valence-electron chi connectivity index (χ2n) is 14.3.